The summed E-state index contributed by atoms with van der Waals surface area (Å²) < 4.78 is 6.99. The number of thioether (sulfide) groups is 1. The van der Waals surface area contributed by atoms with Gasteiger partial charge in [0, 0.05) is 23.2 Å². The maximum Gasteiger partial charge on any atom is 0.256 e. The van der Waals surface area contributed by atoms with Gasteiger partial charge in [-0.25, -0.2) is 4.98 Å². The molecule has 0 bridgehead atoms. The summed E-state index contributed by atoms with van der Waals surface area (Å²) in [6.07, 6.45) is 0. The first-order chi connectivity index (χ1) is 9.13. The van der Waals surface area contributed by atoms with Crippen molar-refractivity contribution in [3.63, 3.8) is 0 Å². The van der Waals surface area contributed by atoms with E-state index in [-0.39, 0.29) is 0 Å². The quantitative estimate of drug-likeness (QED) is 0.683. The van der Waals surface area contributed by atoms with Gasteiger partial charge in [0.25, 0.3) is 5.78 Å². The highest BCUT2D eigenvalue weighted by atomic mass is 32.2. The van der Waals surface area contributed by atoms with E-state index in [1.54, 1.807) is 11.8 Å². The van der Waals surface area contributed by atoms with Crippen molar-refractivity contribution in [1.29, 1.82) is 0 Å². The molecule has 0 amide bonds. The molecule has 3 aromatic rings. The van der Waals surface area contributed by atoms with E-state index in [2.05, 4.69) is 20.3 Å². The Labute approximate surface area is 114 Å². The predicted octanol–water partition coefficient (Wildman–Crippen LogP) is 2.33. The van der Waals surface area contributed by atoms with Crippen molar-refractivity contribution in [2.75, 3.05) is 0 Å². The van der Waals surface area contributed by atoms with E-state index in [0.29, 0.717) is 11.5 Å². The summed E-state index contributed by atoms with van der Waals surface area (Å²) in [5, 5.41) is 13.1. The van der Waals surface area contributed by atoms with Crippen molar-refractivity contribution in [2.45, 2.75) is 31.7 Å². The summed E-state index contributed by atoms with van der Waals surface area (Å²) in [6, 6.07) is 3.94. The summed E-state index contributed by atoms with van der Waals surface area (Å²) in [5.41, 5.74) is 2.92. The predicted molar refractivity (Wildman–Crippen MR) is 71.1 cm³/mol. The second-order valence-corrected chi connectivity index (χ2v) is 5.32. The molecule has 0 N–H and O–H groups in total. The van der Waals surface area contributed by atoms with Crippen LogP contribution in [-0.2, 0) is 5.75 Å². The van der Waals surface area contributed by atoms with Crippen LogP contribution < -0.4 is 0 Å². The first kappa shape index (κ1) is 12.2. The average Bonchev–Trinajstić information content (AvgIpc) is 2.93. The molecule has 0 atom stereocenters. The van der Waals surface area contributed by atoms with Crippen LogP contribution in [0.15, 0.2) is 21.8 Å². The molecule has 0 spiro atoms. The Morgan fingerprint density at radius 1 is 1.21 bits per heavy atom. The molecule has 19 heavy (non-hydrogen) atoms. The third kappa shape index (κ3) is 2.33. The van der Waals surface area contributed by atoms with Gasteiger partial charge < -0.3 is 4.52 Å². The van der Waals surface area contributed by atoms with Crippen LogP contribution in [-0.4, -0.2) is 24.7 Å². The Morgan fingerprint density at radius 3 is 2.79 bits per heavy atom. The molecule has 0 aliphatic heterocycles. The summed E-state index contributed by atoms with van der Waals surface area (Å²) in [5.74, 6) is 2.15. The van der Waals surface area contributed by atoms with E-state index in [0.717, 1.165) is 28.0 Å². The number of nitrogens with zero attached hydrogens (tertiary/aromatic N) is 5. The maximum absolute atomic E-state index is 5.04. The Kier molecular flexibility index (Phi) is 2.98. The summed E-state index contributed by atoms with van der Waals surface area (Å²) in [6.45, 7) is 5.85. The van der Waals surface area contributed by atoms with Crippen molar-refractivity contribution in [2.24, 2.45) is 0 Å². The number of aromatic nitrogens is 5. The number of rotatable bonds is 3. The zero-order valence-corrected chi connectivity index (χ0v) is 11.7. The van der Waals surface area contributed by atoms with Gasteiger partial charge in [0.2, 0.25) is 0 Å². The lowest BCUT2D eigenvalue weighted by molar-refractivity contribution is 0.393. The van der Waals surface area contributed by atoms with Gasteiger partial charge in [-0.15, -0.1) is 10.2 Å². The summed E-state index contributed by atoms with van der Waals surface area (Å²) >= 11 is 1.57. The van der Waals surface area contributed by atoms with E-state index < -0.39 is 0 Å². The minimum absolute atomic E-state index is 0.635. The lowest BCUT2D eigenvalue weighted by Crippen LogP contribution is -1.97. The minimum Gasteiger partial charge on any atom is -0.361 e. The molecule has 0 unspecified atom stereocenters. The smallest absolute Gasteiger partial charge is 0.256 e. The van der Waals surface area contributed by atoms with Gasteiger partial charge >= 0.3 is 0 Å². The van der Waals surface area contributed by atoms with E-state index >= 15 is 0 Å². The zero-order valence-electron chi connectivity index (χ0n) is 10.9. The fraction of sp³-hybridized carbons (Fsp3) is 0.333. The molecule has 0 saturated carbocycles. The molecule has 0 aliphatic rings. The summed E-state index contributed by atoms with van der Waals surface area (Å²) in [4.78, 5) is 4.36. The Morgan fingerprint density at radius 2 is 2.05 bits per heavy atom. The topological polar surface area (TPSA) is 69.1 Å². The molecule has 0 radical (unpaired) electrons. The average molecular weight is 275 g/mol. The second-order valence-electron chi connectivity index (χ2n) is 4.37. The van der Waals surface area contributed by atoms with Gasteiger partial charge in [-0.2, -0.15) is 0 Å². The van der Waals surface area contributed by atoms with Crippen LogP contribution in [0.1, 0.15) is 22.8 Å². The molecule has 0 aliphatic carbocycles. The van der Waals surface area contributed by atoms with Crippen molar-refractivity contribution < 1.29 is 4.52 Å². The van der Waals surface area contributed by atoms with Crippen LogP contribution in [0, 0.1) is 20.8 Å². The highest BCUT2D eigenvalue weighted by Crippen LogP contribution is 2.22. The Hall–Kier alpha value is -1.89. The third-order valence-corrected chi connectivity index (χ3v) is 3.65. The maximum atomic E-state index is 5.04. The normalized spacial score (nSPS) is 11.3. The highest BCUT2D eigenvalue weighted by molar-refractivity contribution is 7.98. The van der Waals surface area contributed by atoms with Crippen LogP contribution in [0.25, 0.3) is 5.78 Å². The van der Waals surface area contributed by atoms with Gasteiger partial charge in [-0.05, 0) is 26.8 Å². The van der Waals surface area contributed by atoms with Crippen LogP contribution in [0.4, 0.5) is 0 Å². The fourth-order valence-electron chi connectivity index (χ4n) is 1.92. The monoisotopic (exact) mass is 275 g/mol. The molecule has 98 valence electrons. The number of hydrogen-bond donors (Lipinski definition) is 0. The SMILES string of the molecule is Cc1cc(C)n2c(SCc3cc(C)on3)nnc2n1. The molecule has 6 nitrogen and oxygen atoms in total. The van der Waals surface area contributed by atoms with Crippen molar-refractivity contribution in [3.05, 3.63) is 35.0 Å². The molecule has 0 saturated heterocycles. The number of hydrogen-bond acceptors (Lipinski definition) is 6. The van der Waals surface area contributed by atoms with Gasteiger partial charge in [0.05, 0.1) is 5.69 Å². The highest BCUT2D eigenvalue weighted by Gasteiger charge is 2.11. The van der Waals surface area contributed by atoms with Crippen LogP contribution in [0.5, 0.6) is 0 Å². The molecule has 3 heterocycles. The standard InChI is InChI=1S/C12H13N5OS/c1-7-4-8(2)17-11(13-7)14-15-12(17)19-6-10-5-9(3)18-16-10/h4-5H,6H2,1-3H3. The van der Waals surface area contributed by atoms with Gasteiger partial charge in [0.15, 0.2) is 5.16 Å². The zero-order chi connectivity index (χ0) is 13.4. The summed E-state index contributed by atoms with van der Waals surface area (Å²) in [7, 11) is 0. The largest absolute Gasteiger partial charge is 0.361 e. The molecule has 7 heteroatoms. The Balaban J connectivity index is 1.89. The van der Waals surface area contributed by atoms with Gasteiger partial charge in [-0.1, -0.05) is 16.9 Å². The molecule has 0 fully saturated rings. The first-order valence-electron chi connectivity index (χ1n) is 5.88. The minimum atomic E-state index is 0.635. The van der Waals surface area contributed by atoms with Crippen LogP contribution in [0.3, 0.4) is 0 Å². The van der Waals surface area contributed by atoms with Crippen molar-refractivity contribution >= 4 is 17.5 Å². The van der Waals surface area contributed by atoms with Crippen molar-refractivity contribution in [3.8, 4) is 0 Å². The fourth-order valence-corrected chi connectivity index (χ4v) is 2.78. The van der Waals surface area contributed by atoms with Crippen LogP contribution >= 0.6 is 11.8 Å². The van der Waals surface area contributed by atoms with Crippen LogP contribution in [0.2, 0.25) is 0 Å². The van der Waals surface area contributed by atoms with E-state index in [1.807, 2.05) is 37.3 Å². The molecule has 3 aromatic heterocycles. The Bertz CT molecular complexity index is 733. The van der Waals surface area contributed by atoms with Gasteiger partial charge in [0.1, 0.15) is 5.76 Å². The second kappa shape index (κ2) is 4.65. The lowest BCUT2D eigenvalue weighted by Gasteiger charge is -2.02. The molecule has 0 aromatic carbocycles. The van der Waals surface area contributed by atoms with Crippen molar-refractivity contribution in [1.82, 2.24) is 24.7 Å². The molecular weight excluding hydrogens is 262 g/mol. The van der Waals surface area contributed by atoms with E-state index in [4.69, 9.17) is 4.52 Å². The first-order valence-corrected chi connectivity index (χ1v) is 6.86. The third-order valence-electron chi connectivity index (χ3n) is 2.69. The van der Waals surface area contributed by atoms with E-state index in [1.165, 1.54) is 0 Å². The van der Waals surface area contributed by atoms with Gasteiger partial charge in [-0.3, -0.25) is 4.40 Å². The number of fused-ring (bicyclic) bond motifs is 1. The van der Waals surface area contributed by atoms with E-state index in [9.17, 15) is 0 Å². The molecular formula is C12H13N5OS. The number of aryl methyl sites for hydroxylation is 3. The lowest BCUT2D eigenvalue weighted by atomic mass is 10.3. The molecule has 3 rings (SSSR count).